The number of carbonyl (C=O) groups is 1. The first kappa shape index (κ1) is 10.6. The van der Waals surface area contributed by atoms with Gasteiger partial charge in [-0.05, 0) is 12.8 Å². The van der Waals surface area contributed by atoms with Gasteiger partial charge in [-0.1, -0.05) is 20.3 Å². The van der Waals surface area contributed by atoms with Crippen LogP contribution in [0.15, 0.2) is 0 Å². The van der Waals surface area contributed by atoms with E-state index in [2.05, 4.69) is 4.89 Å². The molecule has 0 heterocycles. The Morgan fingerprint density at radius 1 is 1.45 bits per heavy atom. The van der Waals surface area contributed by atoms with E-state index in [1.165, 1.54) is 0 Å². The van der Waals surface area contributed by atoms with Crippen LogP contribution in [0.2, 0.25) is 0 Å². The van der Waals surface area contributed by atoms with Crippen molar-refractivity contribution < 1.29 is 14.9 Å². The van der Waals surface area contributed by atoms with E-state index in [1.54, 1.807) is 0 Å². The van der Waals surface area contributed by atoms with Gasteiger partial charge in [0, 0.05) is 6.42 Å². The van der Waals surface area contributed by atoms with Gasteiger partial charge in [0.1, 0.15) is 0 Å². The molecule has 0 aromatic heterocycles. The second kappa shape index (κ2) is 6.31. The summed E-state index contributed by atoms with van der Waals surface area (Å²) < 4.78 is 0. The maximum absolute atomic E-state index is 11.1. The minimum absolute atomic E-state index is 0.00292. The monoisotopic (exact) mass is 160 g/mol. The average molecular weight is 160 g/mol. The van der Waals surface area contributed by atoms with Gasteiger partial charge < -0.3 is 0 Å². The molecule has 0 aromatic carbocycles. The van der Waals surface area contributed by atoms with Gasteiger partial charge in [0.2, 0.25) is 0 Å². The van der Waals surface area contributed by atoms with E-state index in [9.17, 15) is 4.79 Å². The summed E-state index contributed by atoms with van der Waals surface area (Å²) in [6.45, 7) is 3.88. The van der Waals surface area contributed by atoms with Gasteiger partial charge in [-0.2, -0.15) is 0 Å². The van der Waals surface area contributed by atoms with Crippen molar-refractivity contribution in [2.45, 2.75) is 45.6 Å². The Balaban J connectivity index is 3.71. The summed E-state index contributed by atoms with van der Waals surface area (Å²) in [6, 6.07) is 0. The van der Waals surface area contributed by atoms with E-state index < -0.39 is 6.10 Å². The van der Waals surface area contributed by atoms with Crippen molar-refractivity contribution >= 4 is 5.78 Å². The predicted molar refractivity (Wildman–Crippen MR) is 42.3 cm³/mol. The molecule has 1 N–H and O–H groups in total. The molecule has 0 radical (unpaired) electrons. The Kier molecular flexibility index (Phi) is 6.07. The number of hydrogen-bond acceptors (Lipinski definition) is 3. The number of hydrogen-bond donors (Lipinski definition) is 1. The second-order valence-corrected chi connectivity index (χ2v) is 2.60. The molecule has 0 aliphatic rings. The molecule has 11 heavy (non-hydrogen) atoms. The molecular formula is C8H16O3. The lowest BCUT2D eigenvalue weighted by Crippen LogP contribution is -2.22. The van der Waals surface area contributed by atoms with Crippen LogP contribution < -0.4 is 0 Å². The predicted octanol–water partition coefficient (Wildman–Crippen LogP) is 2.01. The zero-order valence-electron chi connectivity index (χ0n) is 7.17. The van der Waals surface area contributed by atoms with Crippen LogP contribution in [0.5, 0.6) is 0 Å². The zero-order chi connectivity index (χ0) is 8.69. The van der Waals surface area contributed by atoms with Crippen LogP contribution in [-0.2, 0) is 9.68 Å². The Morgan fingerprint density at radius 3 is 2.45 bits per heavy atom. The van der Waals surface area contributed by atoms with Crippen molar-refractivity contribution in [1.29, 1.82) is 0 Å². The highest BCUT2D eigenvalue weighted by Crippen LogP contribution is 2.05. The van der Waals surface area contributed by atoms with Gasteiger partial charge in [-0.15, -0.1) is 0 Å². The summed E-state index contributed by atoms with van der Waals surface area (Å²) in [4.78, 5) is 15.1. The first-order chi connectivity index (χ1) is 5.26. The van der Waals surface area contributed by atoms with Crippen molar-refractivity contribution in [3.63, 3.8) is 0 Å². The van der Waals surface area contributed by atoms with Gasteiger partial charge in [0.15, 0.2) is 11.9 Å². The Labute approximate surface area is 67.3 Å². The summed E-state index contributed by atoms with van der Waals surface area (Å²) in [6.07, 6.45) is 2.16. The van der Waals surface area contributed by atoms with E-state index >= 15 is 0 Å². The summed E-state index contributed by atoms with van der Waals surface area (Å²) in [5, 5.41) is 8.33. The van der Waals surface area contributed by atoms with E-state index in [0.717, 1.165) is 12.8 Å². The molecule has 0 spiro atoms. The van der Waals surface area contributed by atoms with Crippen LogP contribution in [0.3, 0.4) is 0 Å². The van der Waals surface area contributed by atoms with Gasteiger partial charge >= 0.3 is 0 Å². The molecule has 0 bridgehead atoms. The fraction of sp³-hybridized carbons (Fsp3) is 0.875. The Morgan fingerprint density at radius 2 is 2.09 bits per heavy atom. The number of ketones is 1. The van der Waals surface area contributed by atoms with E-state index in [-0.39, 0.29) is 5.78 Å². The largest absolute Gasteiger partial charge is 0.297 e. The van der Waals surface area contributed by atoms with Crippen LogP contribution in [-0.4, -0.2) is 17.1 Å². The third kappa shape index (κ3) is 4.11. The molecule has 1 unspecified atom stereocenters. The van der Waals surface area contributed by atoms with E-state index in [0.29, 0.717) is 12.8 Å². The molecule has 0 aliphatic carbocycles. The summed E-state index contributed by atoms with van der Waals surface area (Å²) in [7, 11) is 0. The van der Waals surface area contributed by atoms with Crippen LogP contribution >= 0.6 is 0 Å². The smallest absolute Gasteiger partial charge is 0.164 e. The van der Waals surface area contributed by atoms with Crippen molar-refractivity contribution in [1.82, 2.24) is 0 Å². The molecule has 0 saturated carbocycles. The minimum Gasteiger partial charge on any atom is -0.297 e. The lowest BCUT2D eigenvalue weighted by molar-refractivity contribution is -0.272. The topological polar surface area (TPSA) is 46.5 Å². The summed E-state index contributed by atoms with van der Waals surface area (Å²) in [5.41, 5.74) is 0. The van der Waals surface area contributed by atoms with Gasteiger partial charge in [0.05, 0.1) is 0 Å². The standard InChI is InChI=1S/C8H16O3/c1-3-5-7(9)8(11-10)6-4-2/h8,10H,3-6H2,1-2H3. The normalized spacial score (nSPS) is 13.0. The molecule has 0 amide bonds. The fourth-order valence-corrected chi connectivity index (χ4v) is 0.942. The van der Waals surface area contributed by atoms with Crippen LogP contribution in [0.1, 0.15) is 39.5 Å². The second-order valence-electron chi connectivity index (χ2n) is 2.60. The van der Waals surface area contributed by atoms with Crippen molar-refractivity contribution in [3.05, 3.63) is 0 Å². The lowest BCUT2D eigenvalue weighted by Gasteiger charge is -2.09. The third-order valence-corrected chi connectivity index (χ3v) is 1.53. The molecule has 0 saturated heterocycles. The molecule has 66 valence electrons. The molecule has 0 fully saturated rings. The Hall–Kier alpha value is -0.410. The van der Waals surface area contributed by atoms with Crippen LogP contribution in [0, 0.1) is 0 Å². The summed E-state index contributed by atoms with van der Waals surface area (Å²) in [5.74, 6) is -0.00292. The maximum Gasteiger partial charge on any atom is 0.164 e. The van der Waals surface area contributed by atoms with Crippen molar-refractivity contribution in [2.24, 2.45) is 0 Å². The first-order valence-corrected chi connectivity index (χ1v) is 4.09. The first-order valence-electron chi connectivity index (χ1n) is 4.09. The van der Waals surface area contributed by atoms with Crippen molar-refractivity contribution in [3.8, 4) is 0 Å². The highest BCUT2D eigenvalue weighted by atomic mass is 17.1. The fourth-order valence-electron chi connectivity index (χ4n) is 0.942. The van der Waals surface area contributed by atoms with Crippen molar-refractivity contribution in [2.75, 3.05) is 0 Å². The quantitative estimate of drug-likeness (QED) is 0.477. The molecule has 0 rings (SSSR count). The molecule has 3 heteroatoms. The van der Waals surface area contributed by atoms with Gasteiger partial charge in [-0.25, -0.2) is 4.89 Å². The number of rotatable bonds is 6. The molecule has 0 aliphatic heterocycles. The lowest BCUT2D eigenvalue weighted by atomic mass is 10.1. The maximum atomic E-state index is 11.1. The van der Waals surface area contributed by atoms with E-state index in [1.807, 2.05) is 13.8 Å². The minimum atomic E-state index is -0.597. The number of carbonyl (C=O) groups excluding carboxylic acids is 1. The van der Waals surface area contributed by atoms with E-state index in [4.69, 9.17) is 5.26 Å². The molecular weight excluding hydrogens is 144 g/mol. The SMILES string of the molecule is CCCC(=O)C(CCC)OO. The molecule has 3 nitrogen and oxygen atoms in total. The molecule has 0 aromatic rings. The Bertz CT molecular complexity index is 112. The zero-order valence-corrected chi connectivity index (χ0v) is 7.17. The third-order valence-electron chi connectivity index (χ3n) is 1.53. The average Bonchev–Trinajstić information content (AvgIpc) is 2.00. The highest BCUT2D eigenvalue weighted by molar-refractivity contribution is 5.82. The van der Waals surface area contributed by atoms with Gasteiger partial charge in [-0.3, -0.25) is 10.1 Å². The number of Topliss-reactive ketones (excluding diaryl/α,β-unsaturated/α-hetero) is 1. The summed E-state index contributed by atoms with van der Waals surface area (Å²) >= 11 is 0. The highest BCUT2D eigenvalue weighted by Gasteiger charge is 2.16. The van der Waals surface area contributed by atoms with Gasteiger partial charge in [0.25, 0.3) is 0 Å². The van der Waals surface area contributed by atoms with Crippen LogP contribution in [0.4, 0.5) is 0 Å². The molecule has 1 atom stereocenters. The van der Waals surface area contributed by atoms with Crippen LogP contribution in [0.25, 0.3) is 0 Å².